The molecule has 0 saturated heterocycles. The van der Waals surface area contributed by atoms with Gasteiger partial charge in [0.2, 0.25) is 0 Å². The van der Waals surface area contributed by atoms with Crippen LogP contribution in [0.1, 0.15) is 27.0 Å². The Labute approximate surface area is 210 Å². The molecule has 0 aliphatic heterocycles. The van der Waals surface area contributed by atoms with Crippen molar-refractivity contribution in [2.24, 2.45) is 0 Å². The number of anilines is 2. The number of carbonyl (C=O) groups excluding carboxylic acids is 1. The van der Waals surface area contributed by atoms with E-state index in [-0.39, 0.29) is 10.8 Å². The zero-order valence-electron chi connectivity index (χ0n) is 19.5. The molecule has 0 saturated carbocycles. The van der Waals surface area contributed by atoms with Gasteiger partial charge in [-0.3, -0.25) is 9.52 Å². The van der Waals surface area contributed by atoms with Gasteiger partial charge in [-0.05, 0) is 79.1 Å². The number of aryl methyl sites for hydroxylation is 2. The number of hydrogen-bond donors (Lipinski definition) is 2. The molecular formula is C28H26N2O3S2. The van der Waals surface area contributed by atoms with Gasteiger partial charge in [0, 0.05) is 22.0 Å². The maximum Gasteiger partial charge on any atom is 0.261 e. The van der Waals surface area contributed by atoms with Gasteiger partial charge in [-0.2, -0.15) is 0 Å². The van der Waals surface area contributed by atoms with Crippen molar-refractivity contribution < 1.29 is 13.2 Å². The molecule has 0 unspecified atom stereocenters. The molecule has 7 heteroatoms. The predicted octanol–water partition coefficient (Wildman–Crippen LogP) is 6.65. The number of sulfonamides is 1. The number of nitrogens with one attached hydrogen (secondary N) is 2. The van der Waals surface area contributed by atoms with Crippen LogP contribution in [-0.4, -0.2) is 14.3 Å². The molecule has 0 atom stereocenters. The molecule has 4 aromatic rings. The van der Waals surface area contributed by atoms with E-state index in [4.69, 9.17) is 0 Å². The van der Waals surface area contributed by atoms with Crippen LogP contribution in [0.5, 0.6) is 0 Å². The lowest BCUT2D eigenvalue weighted by Gasteiger charge is -2.12. The summed E-state index contributed by atoms with van der Waals surface area (Å²) in [7, 11) is -3.75. The number of hydrogen-bond acceptors (Lipinski definition) is 4. The van der Waals surface area contributed by atoms with E-state index in [1.54, 1.807) is 42.1 Å². The van der Waals surface area contributed by atoms with Crippen LogP contribution in [0.2, 0.25) is 0 Å². The Morgan fingerprint density at radius 3 is 2.14 bits per heavy atom. The molecule has 0 bridgehead atoms. The summed E-state index contributed by atoms with van der Waals surface area (Å²) in [5.74, 6) is 0.510. The molecule has 0 radical (unpaired) electrons. The van der Waals surface area contributed by atoms with Gasteiger partial charge in [-0.15, -0.1) is 11.8 Å². The van der Waals surface area contributed by atoms with Crippen molar-refractivity contribution >= 4 is 39.1 Å². The molecule has 4 rings (SSSR count). The van der Waals surface area contributed by atoms with Crippen molar-refractivity contribution in [3.8, 4) is 0 Å². The van der Waals surface area contributed by atoms with Crippen molar-refractivity contribution in [1.29, 1.82) is 0 Å². The van der Waals surface area contributed by atoms with Crippen LogP contribution in [-0.2, 0) is 15.8 Å². The monoisotopic (exact) mass is 502 g/mol. The molecule has 4 aromatic carbocycles. The molecule has 0 fully saturated rings. The van der Waals surface area contributed by atoms with E-state index in [2.05, 4.69) is 22.2 Å². The highest BCUT2D eigenvalue weighted by molar-refractivity contribution is 7.98. The van der Waals surface area contributed by atoms with Crippen LogP contribution in [0.15, 0.2) is 107 Å². The van der Waals surface area contributed by atoms with Gasteiger partial charge in [0.05, 0.1) is 10.5 Å². The second-order valence-corrected chi connectivity index (χ2v) is 10.9. The first-order valence-electron chi connectivity index (χ1n) is 11.1. The number of amides is 1. The van der Waals surface area contributed by atoms with E-state index < -0.39 is 10.0 Å². The predicted molar refractivity (Wildman–Crippen MR) is 144 cm³/mol. The van der Waals surface area contributed by atoms with E-state index in [1.807, 2.05) is 56.3 Å². The third-order valence-corrected chi connectivity index (χ3v) is 8.09. The van der Waals surface area contributed by atoms with Crippen LogP contribution in [0, 0.1) is 13.8 Å². The van der Waals surface area contributed by atoms with Gasteiger partial charge in [0.15, 0.2) is 0 Å². The Morgan fingerprint density at radius 1 is 0.771 bits per heavy atom. The molecule has 2 N–H and O–H groups in total. The molecule has 1 amide bonds. The fourth-order valence-electron chi connectivity index (χ4n) is 3.45. The van der Waals surface area contributed by atoms with Crippen LogP contribution < -0.4 is 10.0 Å². The summed E-state index contributed by atoms with van der Waals surface area (Å²) in [5, 5.41) is 2.87. The Bertz CT molecular complexity index is 1440. The lowest BCUT2D eigenvalue weighted by atomic mass is 10.1. The smallest absolute Gasteiger partial charge is 0.261 e. The van der Waals surface area contributed by atoms with Crippen molar-refractivity contribution in [3.63, 3.8) is 0 Å². The third-order valence-electron chi connectivity index (χ3n) is 5.55. The summed E-state index contributed by atoms with van der Waals surface area (Å²) < 4.78 is 28.2. The molecule has 0 aliphatic rings. The van der Waals surface area contributed by atoms with Crippen LogP contribution >= 0.6 is 11.8 Å². The average molecular weight is 503 g/mol. The minimum Gasteiger partial charge on any atom is -0.322 e. The molecule has 0 heterocycles. The summed E-state index contributed by atoms with van der Waals surface area (Å²) in [5.41, 5.74) is 4.87. The highest BCUT2D eigenvalue weighted by atomic mass is 32.2. The van der Waals surface area contributed by atoms with Gasteiger partial charge in [0.1, 0.15) is 0 Å². The second-order valence-electron chi connectivity index (χ2n) is 8.15. The molecule has 5 nitrogen and oxygen atoms in total. The molecule has 35 heavy (non-hydrogen) atoms. The Kier molecular flexibility index (Phi) is 7.58. The Hall–Kier alpha value is -3.55. The van der Waals surface area contributed by atoms with E-state index in [0.29, 0.717) is 16.9 Å². The topological polar surface area (TPSA) is 75.3 Å². The van der Waals surface area contributed by atoms with E-state index in [0.717, 1.165) is 21.8 Å². The van der Waals surface area contributed by atoms with E-state index in [9.17, 15) is 13.2 Å². The first-order chi connectivity index (χ1) is 16.8. The van der Waals surface area contributed by atoms with Gasteiger partial charge in [-0.25, -0.2) is 8.42 Å². The number of carbonyl (C=O) groups is 1. The van der Waals surface area contributed by atoms with Crippen LogP contribution in [0.3, 0.4) is 0 Å². The minimum atomic E-state index is -3.75. The molecule has 178 valence electrons. The highest BCUT2D eigenvalue weighted by Crippen LogP contribution is 2.27. The van der Waals surface area contributed by atoms with Gasteiger partial charge in [0.25, 0.3) is 15.9 Å². The standard InChI is InChI=1S/C28H26N2O3S2/c1-20-12-13-24(18-21(20)2)30-35(32,33)25-16-14-23(15-17-25)29-28(31)26-10-6-7-11-27(26)34-19-22-8-4-3-5-9-22/h3-18,30H,19H2,1-2H3,(H,29,31). The summed E-state index contributed by atoms with van der Waals surface area (Å²) >= 11 is 1.60. The number of benzene rings is 4. The quantitative estimate of drug-likeness (QED) is 0.265. The summed E-state index contributed by atoms with van der Waals surface area (Å²) in [6, 6.07) is 29.1. The van der Waals surface area contributed by atoms with E-state index in [1.165, 1.54) is 17.7 Å². The Morgan fingerprint density at radius 2 is 1.43 bits per heavy atom. The molecule has 0 spiro atoms. The minimum absolute atomic E-state index is 0.118. The van der Waals surface area contributed by atoms with Gasteiger partial charge in [-0.1, -0.05) is 48.5 Å². The summed E-state index contributed by atoms with van der Waals surface area (Å²) in [6.07, 6.45) is 0. The van der Waals surface area contributed by atoms with Crippen LogP contribution in [0.4, 0.5) is 11.4 Å². The van der Waals surface area contributed by atoms with Gasteiger partial charge < -0.3 is 5.32 Å². The first-order valence-corrected chi connectivity index (χ1v) is 13.6. The zero-order chi connectivity index (χ0) is 24.8. The molecule has 0 aliphatic carbocycles. The van der Waals surface area contributed by atoms with Crippen molar-refractivity contribution in [2.45, 2.75) is 29.4 Å². The fourth-order valence-corrected chi connectivity index (χ4v) is 5.51. The van der Waals surface area contributed by atoms with Gasteiger partial charge >= 0.3 is 0 Å². The number of rotatable bonds is 8. The summed E-state index contributed by atoms with van der Waals surface area (Å²) in [6.45, 7) is 3.91. The highest BCUT2D eigenvalue weighted by Gasteiger charge is 2.16. The normalized spacial score (nSPS) is 11.1. The largest absolute Gasteiger partial charge is 0.322 e. The zero-order valence-corrected chi connectivity index (χ0v) is 21.1. The maximum absolute atomic E-state index is 13.0. The van der Waals surface area contributed by atoms with Crippen molar-refractivity contribution in [1.82, 2.24) is 0 Å². The second kappa shape index (κ2) is 10.8. The lowest BCUT2D eigenvalue weighted by molar-refractivity contribution is 0.102. The maximum atomic E-state index is 13.0. The molecular weight excluding hydrogens is 476 g/mol. The molecule has 0 aromatic heterocycles. The average Bonchev–Trinajstić information content (AvgIpc) is 2.86. The lowest BCUT2D eigenvalue weighted by Crippen LogP contribution is -2.15. The number of thioether (sulfide) groups is 1. The fraction of sp³-hybridized carbons (Fsp3) is 0.107. The summed E-state index contributed by atoms with van der Waals surface area (Å²) in [4.78, 5) is 14.0. The SMILES string of the molecule is Cc1ccc(NS(=O)(=O)c2ccc(NC(=O)c3ccccc3SCc3ccccc3)cc2)cc1C. The van der Waals surface area contributed by atoms with Crippen molar-refractivity contribution in [3.05, 3.63) is 119 Å². The third kappa shape index (κ3) is 6.32. The Balaban J connectivity index is 1.44. The van der Waals surface area contributed by atoms with Crippen LogP contribution in [0.25, 0.3) is 0 Å². The van der Waals surface area contributed by atoms with Crippen molar-refractivity contribution in [2.75, 3.05) is 10.0 Å². The van der Waals surface area contributed by atoms with E-state index >= 15 is 0 Å². The first kappa shape index (κ1) is 24.6.